The second-order valence-electron chi connectivity index (χ2n) is 5.70. The summed E-state index contributed by atoms with van der Waals surface area (Å²) in [4.78, 5) is 0. The Morgan fingerprint density at radius 3 is 2.62 bits per heavy atom. The molecule has 0 radical (unpaired) electrons. The zero-order valence-electron chi connectivity index (χ0n) is 13.7. The molecule has 1 N–H and O–H groups in total. The van der Waals surface area contributed by atoms with Crippen LogP contribution in [0.15, 0.2) is 24.3 Å². The van der Waals surface area contributed by atoms with Crippen LogP contribution in [-0.2, 0) is 15.9 Å². The molecule has 1 atom stereocenters. The van der Waals surface area contributed by atoms with E-state index in [2.05, 4.69) is 50.4 Å². The summed E-state index contributed by atoms with van der Waals surface area (Å²) in [7, 11) is 0. The van der Waals surface area contributed by atoms with Gasteiger partial charge in [-0.25, -0.2) is 0 Å². The molecule has 1 aliphatic rings. The first-order valence-electron chi connectivity index (χ1n) is 8.29. The first-order valence-corrected chi connectivity index (χ1v) is 8.29. The highest BCUT2D eigenvalue weighted by Crippen LogP contribution is 2.38. The standard InChI is InChI=1S/C18H29NO2/c1-4-15-8-7-9-16(14-15)17(19-5-2)18(21-6-3)10-12-20-13-11-18/h7-9,14,17,19H,4-6,10-13H2,1-3H3. The highest BCUT2D eigenvalue weighted by Gasteiger charge is 2.41. The van der Waals surface area contributed by atoms with Crippen LogP contribution in [0.4, 0.5) is 0 Å². The van der Waals surface area contributed by atoms with Gasteiger partial charge in [-0.1, -0.05) is 38.1 Å². The second kappa shape index (κ2) is 7.92. The number of nitrogens with one attached hydrogen (secondary N) is 1. The molecule has 0 saturated carbocycles. The van der Waals surface area contributed by atoms with E-state index in [4.69, 9.17) is 9.47 Å². The van der Waals surface area contributed by atoms with Gasteiger partial charge in [-0.05, 0) is 31.0 Å². The lowest BCUT2D eigenvalue weighted by molar-refractivity contribution is -0.127. The SMILES string of the molecule is CCNC(c1cccc(CC)c1)C1(OCC)CCOCC1. The van der Waals surface area contributed by atoms with Crippen LogP contribution in [0, 0.1) is 0 Å². The van der Waals surface area contributed by atoms with Crippen LogP contribution in [0.3, 0.4) is 0 Å². The average Bonchev–Trinajstić information content (AvgIpc) is 2.53. The van der Waals surface area contributed by atoms with E-state index in [-0.39, 0.29) is 11.6 Å². The summed E-state index contributed by atoms with van der Waals surface area (Å²) in [6, 6.07) is 9.14. The van der Waals surface area contributed by atoms with E-state index >= 15 is 0 Å². The molecule has 1 aromatic carbocycles. The Balaban J connectivity index is 2.33. The van der Waals surface area contributed by atoms with Gasteiger partial charge in [-0.15, -0.1) is 0 Å². The minimum absolute atomic E-state index is 0.143. The van der Waals surface area contributed by atoms with Gasteiger partial charge < -0.3 is 14.8 Å². The number of hydrogen-bond acceptors (Lipinski definition) is 3. The monoisotopic (exact) mass is 291 g/mol. The maximum atomic E-state index is 6.27. The van der Waals surface area contributed by atoms with Crippen LogP contribution >= 0.6 is 0 Å². The molecule has 1 aliphatic heterocycles. The molecule has 0 bridgehead atoms. The van der Waals surface area contributed by atoms with Crippen molar-refractivity contribution < 1.29 is 9.47 Å². The maximum Gasteiger partial charge on any atom is 0.0919 e. The Labute approximate surface area is 129 Å². The van der Waals surface area contributed by atoms with E-state index in [0.29, 0.717) is 0 Å². The highest BCUT2D eigenvalue weighted by atomic mass is 16.5. The van der Waals surface area contributed by atoms with E-state index < -0.39 is 0 Å². The minimum Gasteiger partial charge on any atom is -0.381 e. The molecule has 0 spiro atoms. The third-order valence-corrected chi connectivity index (χ3v) is 4.40. The normalized spacial score (nSPS) is 19.4. The molecular formula is C18H29NO2. The topological polar surface area (TPSA) is 30.5 Å². The van der Waals surface area contributed by atoms with Gasteiger partial charge in [-0.2, -0.15) is 0 Å². The fourth-order valence-electron chi connectivity index (χ4n) is 3.33. The van der Waals surface area contributed by atoms with Crippen LogP contribution in [-0.4, -0.2) is 32.0 Å². The summed E-state index contributed by atoms with van der Waals surface area (Å²) >= 11 is 0. The largest absolute Gasteiger partial charge is 0.381 e. The van der Waals surface area contributed by atoms with Crippen LogP contribution in [0.5, 0.6) is 0 Å². The number of likely N-dealkylation sites (N-methyl/N-ethyl adjacent to an activating group) is 1. The summed E-state index contributed by atoms with van der Waals surface area (Å²) in [5.41, 5.74) is 2.58. The van der Waals surface area contributed by atoms with Crippen molar-refractivity contribution in [3.05, 3.63) is 35.4 Å². The first kappa shape index (κ1) is 16.5. The van der Waals surface area contributed by atoms with Gasteiger partial charge in [0.2, 0.25) is 0 Å². The summed E-state index contributed by atoms with van der Waals surface area (Å²) in [5.74, 6) is 0. The zero-order valence-corrected chi connectivity index (χ0v) is 13.7. The van der Waals surface area contributed by atoms with Crippen LogP contribution < -0.4 is 5.32 Å². The summed E-state index contributed by atoms with van der Waals surface area (Å²) in [5, 5.41) is 3.67. The Morgan fingerprint density at radius 1 is 1.24 bits per heavy atom. The fourth-order valence-corrected chi connectivity index (χ4v) is 3.33. The number of benzene rings is 1. The van der Waals surface area contributed by atoms with Crippen LogP contribution in [0.25, 0.3) is 0 Å². The molecule has 1 aromatic rings. The van der Waals surface area contributed by atoms with E-state index in [1.54, 1.807) is 0 Å². The third kappa shape index (κ3) is 3.85. The number of ether oxygens (including phenoxy) is 2. The molecule has 0 aliphatic carbocycles. The fraction of sp³-hybridized carbons (Fsp3) is 0.667. The van der Waals surface area contributed by atoms with E-state index in [0.717, 1.165) is 45.6 Å². The van der Waals surface area contributed by atoms with Gasteiger partial charge in [0.15, 0.2) is 0 Å². The molecule has 1 fully saturated rings. The van der Waals surface area contributed by atoms with Gasteiger partial charge in [0.25, 0.3) is 0 Å². The molecule has 2 rings (SSSR count). The molecule has 118 valence electrons. The number of aryl methyl sites for hydroxylation is 1. The molecule has 1 saturated heterocycles. The predicted octanol–water partition coefficient (Wildman–Crippen LogP) is 3.49. The quantitative estimate of drug-likeness (QED) is 0.834. The van der Waals surface area contributed by atoms with Crippen molar-refractivity contribution in [1.82, 2.24) is 5.32 Å². The van der Waals surface area contributed by atoms with Crippen molar-refractivity contribution in [2.75, 3.05) is 26.4 Å². The molecule has 21 heavy (non-hydrogen) atoms. The average molecular weight is 291 g/mol. The molecule has 1 heterocycles. The van der Waals surface area contributed by atoms with Crippen molar-refractivity contribution in [3.8, 4) is 0 Å². The second-order valence-corrected chi connectivity index (χ2v) is 5.70. The number of rotatable bonds is 7. The van der Waals surface area contributed by atoms with Crippen LogP contribution in [0.2, 0.25) is 0 Å². The highest BCUT2D eigenvalue weighted by molar-refractivity contribution is 5.28. The predicted molar refractivity (Wildman–Crippen MR) is 86.6 cm³/mol. The summed E-state index contributed by atoms with van der Waals surface area (Å²) in [6.07, 6.45) is 2.97. The Kier molecular flexibility index (Phi) is 6.22. The maximum absolute atomic E-state index is 6.27. The lowest BCUT2D eigenvalue weighted by Crippen LogP contribution is -2.50. The van der Waals surface area contributed by atoms with E-state index in [1.807, 2.05) is 0 Å². The molecule has 3 nitrogen and oxygen atoms in total. The molecule has 0 amide bonds. The molecular weight excluding hydrogens is 262 g/mol. The summed E-state index contributed by atoms with van der Waals surface area (Å²) < 4.78 is 11.8. The van der Waals surface area contributed by atoms with Gasteiger partial charge >= 0.3 is 0 Å². The Bertz CT molecular complexity index is 421. The van der Waals surface area contributed by atoms with Crippen LogP contribution in [0.1, 0.15) is 50.8 Å². The smallest absolute Gasteiger partial charge is 0.0919 e. The van der Waals surface area contributed by atoms with Crippen molar-refractivity contribution in [2.24, 2.45) is 0 Å². The molecule has 1 unspecified atom stereocenters. The van der Waals surface area contributed by atoms with Crippen molar-refractivity contribution in [3.63, 3.8) is 0 Å². The Hall–Kier alpha value is -0.900. The zero-order chi connectivity index (χ0) is 15.1. The van der Waals surface area contributed by atoms with Crippen molar-refractivity contribution in [1.29, 1.82) is 0 Å². The molecule has 0 aromatic heterocycles. The van der Waals surface area contributed by atoms with Gasteiger partial charge in [0, 0.05) is 32.7 Å². The van der Waals surface area contributed by atoms with E-state index in [1.165, 1.54) is 11.1 Å². The first-order chi connectivity index (χ1) is 10.3. The molecule has 3 heteroatoms. The van der Waals surface area contributed by atoms with Gasteiger partial charge in [0.1, 0.15) is 0 Å². The number of hydrogen-bond donors (Lipinski definition) is 1. The third-order valence-electron chi connectivity index (χ3n) is 4.40. The van der Waals surface area contributed by atoms with E-state index in [9.17, 15) is 0 Å². The van der Waals surface area contributed by atoms with Gasteiger partial charge in [0.05, 0.1) is 11.6 Å². The van der Waals surface area contributed by atoms with Crippen molar-refractivity contribution in [2.45, 2.75) is 51.7 Å². The summed E-state index contributed by atoms with van der Waals surface area (Å²) in [6.45, 7) is 9.71. The lowest BCUT2D eigenvalue weighted by Gasteiger charge is -2.43. The van der Waals surface area contributed by atoms with Crippen molar-refractivity contribution >= 4 is 0 Å². The van der Waals surface area contributed by atoms with Gasteiger partial charge in [-0.3, -0.25) is 0 Å². The minimum atomic E-state index is -0.143. The lowest BCUT2D eigenvalue weighted by atomic mass is 9.81. The Morgan fingerprint density at radius 2 is 2.00 bits per heavy atom.